The summed E-state index contributed by atoms with van der Waals surface area (Å²) in [7, 11) is 1.68. The highest BCUT2D eigenvalue weighted by atomic mass is 79.9. The van der Waals surface area contributed by atoms with Gasteiger partial charge in [0, 0.05) is 18.0 Å². The van der Waals surface area contributed by atoms with E-state index in [-0.39, 0.29) is 5.78 Å². The molecule has 1 aromatic carbocycles. The van der Waals surface area contributed by atoms with Crippen molar-refractivity contribution in [1.82, 2.24) is 0 Å². The van der Waals surface area contributed by atoms with Crippen molar-refractivity contribution in [2.24, 2.45) is 5.92 Å². The lowest BCUT2D eigenvalue weighted by Gasteiger charge is -2.37. The second-order valence-corrected chi connectivity index (χ2v) is 6.52. The third kappa shape index (κ3) is 3.46. The standard InChI is InChI=1S/C16H21BrO2/c1-12-7-9-16(19-2,10-8-12)15(18)11-13-3-5-14(17)6-4-13/h3-6,12H,7-11H2,1-2H3. The van der Waals surface area contributed by atoms with Crippen molar-refractivity contribution in [2.45, 2.75) is 44.6 Å². The number of halogens is 1. The molecule has 1 saturated carbocycles. The van der Waals surface area contributed by atoms with Crippen LogP contribution in [0.15, 0.2) is 28.7 Å². The van der Waals surface area contributed by atoms with Gasteiger partial charge in [-0.15, -0.1) is 0 Å². The first-order valence-corrected chi connectivity index (χ1v) is 7.68. The smallest absolute Gasteiger partial charge is 0.168 e. The molecule has 3 heteroatoms. The van der Waals surface area contributed by atoms with Gasteiger partial charge in [-0.3, -0.25) is 4.79 Å². The molecule has 104 valence electrons. The van der Waals surface area contributed by atoms with E-state index in [0.29, 0.717) is 12.3 Å². The highest BCUT2D eigenvalue weighted by Crippen LogP contribution is 2.35. The quantitative estimate of drug-likeness (QED) is 0.831. The van der Waals surface area contributed by atoms with Crippen LogP contribution in [-0.4, -0.2) is 18.5 Å². The van der Waals surface area contributed by atoms with Crippen molar-refractivity contribution in [3.05, 3.63) is 34.3 Å². The lowest BCUT2D eigenvalue weighted by atomic mass is 9.76. The third-order valence-corrected chi connectivity index (χ3v) is 4.79. The summed E-state index contributed by atoms with van der Waals surface area (Å²) in [5.41, 5.74) is 0.516. The van der Waals surface area contributed by atoms with Crippen LogP contribution in [-0.2, 0) is 16.0 Å². The molecule has 0 aromatic heterocycles. The van der Waals surface area contributed by atoms with Gasteiger partial charge in [-0.2, -0.15) is 0 Å². The van der Waals surface area contributed by atoms with E-state index in [4.69, 9.17) is 4.74 Å². The molecule has 0 atom stereocenters. The molecule has 0 unspecified atom stereocenters. The molecule has 0 heterocycles. The van der Waals surface area contributed by atoms with Crippen LogP contribution < -0.4 is 0 Å². The van der Waals surface area contributed by atoms with E-state index in [0.717, 1.165) is 35.7 Å². The molecule has 1 aromatic rings. The molecule has 2 nitrogen and oxygen atoms in total. The predicted octanol–water partition coefficient (Wildman–Crippen LogP) is 4.16. The summed E-state index contributed by atoms with van der Waals surface area (Å²) in [6.07, 6.45) is 4.36. The molecule has 2 rings (SSSR count). The summed E-state index contributed by atoms with van der Waals surface area (Å²) < 4.78 is 6.66. The minimum atomic E-state index is -0.542. The van der Waals surface area contributed by atoms with Gasteiger partial charge in [0.15, 0.2) is 5.78 Å². The van der Waals surface area contributed by atoms with E-state index in [1.807, 2.05) is 24.3 Å². The van der Waals surface area contributed by atoms with Gasteiger partial charge in [-0.1, -0.05) is 35.0 Å². The number of carbonyl (C=O) groups excluding carboxylic acids is 1. The molecule has 19 heavy (non-hydrogen) atoms. The maximum absolute atomic E-state index is 12.6. The number of benzene rings is 1. The van der Waals surface area contributed by atoms with E-state index < -0.39 is 5.60 Å². The van der Waals surface area contributed by atoms with Gasteiger partial charge in [0.25, 0.3) is 0 Å². The molecule has 1 aliphatic carbocycles. The number of hydrogen-bond acceptors (Lipinski definition) is 2. The summed E-state index contributed by atoms with van der Waals surface area (Å²) in [6.45, 7) is 2.25. The molecule has 0 spiro atoms. The van der Waals surface area contributed by atoms with Crippen molar-refractivity contribution in [1.29, 1.82) is 0 Å². The topological polar surface area (TPSA) is 26.3 Å². The molecule has 1 fully saturated rings. The third-order valence-electron chi connectivity index (χ3n) is 4.26. The first kappa shape index (κ1) is 14.7. The normalized spacial score (nSPS) is 27.2. The number of Topliss-reactive ketones (excluding diaryl/α,β-unsaturated/α-hetero) is 1. The molecule has 0 bridgehead atoms. The lowest BCUT2D eigenvalue weighted by Crippen LogP contribution is -2.44. The summed E-state index contributed by atoms with van der Waals surface area (Å²) in [6, 6.07) is 7.95. The average molecular weight is 325 g/mol. The lowest BCUT2D eigenvalue weighted by molar-refractivity contribution is -0.145. The van der Waals surface area contributed by atoms with Gasteiger partial charge in [0.05, 0.1) is 0 Å². The van der Waals surface area contributed by atoms with E-state index >= 15 is 0 Å². The highest BCUT2D eigenvalue weighted by Gasteiger charge is 2.40. The largest absolute Gasteiger partial charge is 0.370 e. The van der Waals surface area contributed by atoms with E-state index in [1.54, 1.807) is 7.11 Å². The van der Waals surface area contributed by atoms with Crippen molar-refractivity contribution in [3.63, 3.8) is 0 Å². The first-order valence-electron chi connectivity index (χ1n) is 6.88. The number of methoxy groups -OCH3 is 1. The maximum Gasteiger partial charge on any atom is 0.168 e. The van der Waals surface area contributed by atoms with Crippen molar-refractivity contribution in [2.75, 3.05) is 7.11 Å². The average Bonchev–Trinajstić information content (AvgIpc) is 2.42. The van der Waals surface area contributed by atoms with Crippen LogP contribution in [0.3, 0.4) is 0 Å². The maximum atomic E-state index is 12.6. The van der Waals surface area contributed by atoms with Gasteiger partial charge < -0.3 is 4.74 Å². The van der Waals surface area contributed by atoms with E-state index in [9.17, 15) is 4.79 Å². The van der Waals surface area contributed by atoms with Crippen molar-refractivity contribution < 1.29 is 9.53 Å². The highest BCUT2D eigenvalue weighted by molar-refractivity contribution is 9.10. The Balaban J connectivity index is 2.06. The Bertz CT molecular complexity index is 431. The fraction of sp³-hybridized carbons (Fsp3) is 0.562. The molecule has 0 radical (unpaired) electrons. The van der Waals surface area contributed by atoms with Crippen LogP contribution in [0.1, 0.15) is 38.2 Å². The van der Waals surface area contributed by atoms with Gasteiger partial charge in [-0.05, 0) is 49.3 Å². The fourth-order valence-corrected chi connectivity index (χ4v) is 3.04. The molecular weight excluding hydrogens is 304 g/mol. The fourth-order valence-electron chi connectivity index (χ4n) is 2.77. The van der Waals surface area contributed by atoms with Crippen molar-refractivity contribution in [3.8, 4) is 0 Å². The van der Waals surface area contributed by atoms with Crippen LogP contribution >= 0.6 is 15.9 Å². The summed E-state index contributed by atoms with van der Waals surface area (Å²) >= 11 is 3.41. The Morgan fingerprint density at radius 2 is 1.89 bits per heavy atom. The van der Waals surface area contributed by atoms with Crippen molar-refractivity contribution >= 4 is 21.7 Å². The second kappa shape index (κ2) is 6.19. The number of hydrogen-bond donors (Lipinski definition) is 0. The van der Waals surface area contributed by atoms with Gasteiger partial charge in [-0.25, -0.2) is 0 Å². The van der Waals surface area contributed by atoms with Crippen LogP contribution in [0, 0.1) is 5.92 Å². The molecule has 0 N–H and O–H groups in total. The first-order chi connectivity index (χ1) is 9.05. The Labute approximate surface area is 123 Å². The van der Waals surface area contributed by atoms with Crippen LogP contribution in [0.5, 0.6) is 0 Å². The zero-order valence-corrected chi connectivity index (χ0v) is 13.2. The second-order valence-electron chi connectivity index (χ2n) is 5.61. The zero-order valence-electron chi connectivity index (χ0n) is 11.6. The zero-order chi connectivity index (χ0) is 13.9. The van der Waals surface area contributed by atoms with E-state index in [1.165, 1.54) is 0 Å². The minimum absolute atomic E-state index is 0.226. The van der Waals surface area contributed by atoms with Crippen LogP contribution in [0.2, 0.25) is 0 Å². The monoisotopic (exact) mass is 324 g/mol. The minimum Gasteiger partial charge on any atom is -0.370 e. The Hall–Kier alpha value is -0.670. The van der Waals surface area contributed by atoms with Gasteiger partial charge in [0.1, 0.15) is 5.60 Å². The van der Waals surface area contributed by atoms with Gasteiger partial charge >= 0.3 is 0 Å². The predicted molar refractivity (Wildman–Crippen MR) is 80.2 cm³/mol. The Kier molecular flexibility index (Phi) is 4.80. The van der Waals surface area contributed by atoms with Crippen LogP contribution in [0.25, 0.3) is 0 Å². The Morgan fingerprint density at radius 1 is 1.32 bits per heavy atom. The molecular formula is C16H21BrO2. The number of rotatable bonds is 4. The number of ether oxygens (including phenoxy) is 1. The number of carbonyl (C=O) groups is 1. The van der Waals surface area contributed by atoms with Gasteiger partial charge in [0.2, 0.25) is 0 Å². The summed E-state index contributed by atoms with van der Waals surface area (Å²) in [5, 5.41) is 0. The SMILES string of the molecule is COC1(C(=O)Cc2ccc(Br)cc2)CCC(C)CC1. The van der Waals surface area contributed by atoms with E-state index in [2.05, 4.69) is 22.9 Å². The summed E-state index contributed by atoms with van der Waals surface area (Å²) in [5.74, 6) is 0.938. The Morgan fingerprint density at radius 3 is 2.42 bits per heavy atom. The summed E-state index contributed by atoms with van der Waals surface area (Å²) in [4.78, 5) is 12.6. The van der Waals surface area contributed by atoms with Crippen LogP contribution in [0.4, 0.5) is 0 Å². The number of ketones is 1. The molecule has 0 amide bonds. The molecule has 1 aliphatic rings. The molecule has 0 saturated heterocycles. The molecule has 0 aliphatic heterocycles.